The maximum Gasteiger partial charge on any atom is 0.268 e. The third-order valence-electron chi connectivity index (χ3n) is 6.17. The van der Waals surface area contributed by atoms with Crippen LogP contribution < -0.4 is 4.74 Å². The molecule has 2 aromatic heterocycles. The van der Waals surface area contributed by atoms with Crippen LogP contribution in [0.25, 0.3) is 16.5 Å². The number of rotatable bonds is 6. The van der Waals surface area contributed by atoms with E-state index in [1.165, 1.54) is 17.5 Å². The first-order valence-corrected chi connectivity index (χ1v) is 12.4. The third kappa shape index (κ3) is 4.07. The number of allylic oxidation sites excluding steroid dienone is 1. The Bertz CT molecular complexity index is 1260. The number of hydrogen-bond donors (Lipinski definition) is 0. The van der Waals surface area contributed by atoms with E-state index < -0.39 is 10.0 Å². The number of aromatic nitrogens is 2. The minimum atomic E-state index is -3.87. The van der Waals surface area contributed by atoms with Crippen LogP contribution in [0.1, 0.15) is 43.5 Å². The second kappa shape index (κ2) is 8.71. The van der Waals surface area contributed by atoms with Gasteiger partial charge in [-0.05, 0) is 62.9 Å². The molecule has 1 atom stereocenters. The van der Waals surface area contributed by atoms with Gasteiger partial charge in [0.25, 0.3) is 10.0 Å². The summed E-state index contributed by atoms with van der Waals surface area (Å²) in [6, 6.07) is 8.92. The van der Waals surface area contributed by atoms with Gasteiger partial charge in [0.1, 0.15) is 5.52 Å². The fourth-order valence-corrected chi connectivity index (χ4v) is 6.08. The summed E-state index contributed by atoms with van der Waals surface area (Å²) < 4.78 is 34.8. The lowest BCUT2D eigenvalue weighted by Gasteiger charge is -2.31. The monoisotopic (exact) mass is 453 g/mol. The quantitative estimate of drug-likeness (QED) is 0.534. The van der Waals surface area contributed by atoms with Crippen LogP contribution in [0.3, 0.4) is 0 Å². The maximum absolute atomic E-state index is 13.9. The minimum absolute atomic E-state index is 0.247. The van der Waals surface area contributed by atoms with Gasteiger partial charge in [-0.25, -0.2) is 17.4 Å². The number of aryl methyl sites for hydroxylation is 1. The average Bonchev–Trinajstić information content (AvgIpc) is 3.12. The Labute approximate surface area is 190 Å². The number of methoxy groups -OCH3 is 1. The molecule has 1 aliphatic rings. The summed E-state index contributed by atoms with van der Waals surface area (Å²) in [5, 5.41) is 0.792. The standard InChI is InChI=1S/C25H31N3O3S/c1-17(2)23-14-26-25(31-5)24-22(23)13-20(16-27-12-6-7-19(4)15-27)28(24)32(29,30)21-10-8-18(3)9-11-21/h8-11,13-14,19H,1,6-7,12,15-16H2,2-5H3/t19-/m0/s1. The molecule has 6 nitrogen and oxygen atoms in total. The lowest BCUT2D eigenvalue weighted by atomic mass is 10.0. The minimum Gasteiger partial charge on any atom is -0.479 e. The van der Waals surface area contributed by atoms with Crippen molar-refractivity contribution in [1.29, 1.82) is 0 Å². The molecule has 32 heavy (non-hydrogen) atoms. The van der Waals surface area contributed by atoms with E-state index in [9.17, 15) is 8.42 Å². The first-order chi connectivity index (χ1) is 15.2. The van der Waals surface area contributed by atoms with E-state index >= 15 is 0 Å². The zero-order chi connectivity index (χ0) is 23.0. The highest BCUT2D eigenvalue weighted by Crippen LogP contribution is 2.36. The van der Waals surface area contributed by atoms with E-state index in [2.05, 4.69) is 23.4 Å². The van der Waals surface area contributed by atoms with Crippen molar-refractivity contribution in [2.75, 3.05) is 20.2 Å². The summed E-state index contributed by atoms with van der Waals surface area (Å²) in [4.78, 5) is 7.00. The van der Waals surface area contributed by atoms with Gasteiger partial charge in [-0.1, -0.05) is 31.2 Å². The number of hydrogen-bond acceptors (Lipinski definition) is 5. The molecule has 7 heteroatoms. The zero-order valence-corrected chi connectivity index (χ0v) is 20.1. The van der Waals surface area contributed by atoms with Crippen molar-refractivity contribution in [3.8, 4) is 5.88 Å². The number of benzene rings is 1. The molecule has 0 aliphatic carbocycles. The molecule has 0 unspecified atom stereocenters. The van der Waals surface area contributed by atoms with Crippen molar-refractivity contribution in [3.63, 3.8) is 0 Å². The smallest absolute Gasteiger partial charge is 0.268 e. The Balaban J connectivity index is 1.98. The largest absolute Gasteiger partial charge is 0.479 e. The van der Waals surface area contributed by atoms with Gasteiger partial charge in [0.15, 0.2) is 0 Å². The predicted molar refractivity (Wildman–Crippen MR) is 128 cm³/mol. The topological polar surface area (TPSA) is 64.4 Å². The van der Waals surface area contributed by atoms with Crippen LogP contribution in [-0.2, 0) is 16.6 Å². The van der Waals surface area contributed by atoms with E-state index in [1.807, 2.05) is 32.0 Å². The van der Waals surface area contributed by atoms with Crippen LogP contribution in [0.4, 0.5) is 0 Å². The molecular formula is C25H31N3O3S. The number of fused-ring (bicyclic) bond motifs is 1. The Kier molecular flexibility index (Phi) is 6.14. The molecule has 1 aromatic carbocycles. The number of nitrogens with zero attached hydrogens (tertiary/aromatic N) is 3. The van der Waals surface area contributed by atoms with Crippen LogP contribution in [0.15, 0.2) is 48.0 Å². The summed E-state index contributed by atoms with van der Waals surface area (Å²) in [6.07, 6.45) is 4.03. The molecule has 1 saturated heterocycles. The van der Waals surface area contributed by atoms with Gasteiger partial charge in [-0.2, -0.15) is 0 Å². The molecule has 3 heterocycles. The normalized spacial score (nSPS) is 17.6. The first-order valence-electron chi connectivity index (χ1n) is 11.0. The first kappa shape index (κ1) is 22.6. The maximum atomic E-state index is 13.9. The summed E-state index contributed by atoms with van der Waals surface area (Å²) in [5.41, 5.74) is 3.84. The summed E-state index contributed by atoms with van der Waals surface area (Å²) in [7, 11) is -2.35. The summed E-state index contributed by atoms with van der Waals surface area (Å²) >= 11 is 0. The van der Waals surface area contributed by atoms with E-state index in [0.717, 1.165) is 41.6 Å². The number of piperidine rings is 1. The second-order valence-corrected chi connectivity index (χ2v) is 10.7. The summed E-state index contributed by atoms with van der Waals surface area (Å²) in [6.45, 7) is 12.6. The van der Waals surface area contributed by atoms with Crippen LogP contribution in [0.2, 0.25) is 0 Å². The van der Waals surface area contributed by atoms with Crippen molar-refractivity contribution < 1.29 is 13.2 Å². The molecule has 0 bridgehead atoms. The number of ether oxygens (including phenoxy) is 1. The predicted octanol–water partition coefficient (Wildman–Crippen LogP) is 4.86. The van der Waals surface area contributed by atoms with E-state index in [1.54, 1.807) is 18.3 Å². The van der Waals surface area contributed by atoms with Crippen molar-refractivity contribution in [3.05, 3.63) is 59.9 Å². The van der Waals surface area contributed by atoms with E-state index in [0.29, 0.717) is 29.6 Å². The molecule has 1 aliphatic heterocycles. The van der Waals surface area contributed by atoms with Gasteiger partial charge < -0.3 is 4.74 Å². The molecule has 0 radical (unpaired) electrons. The van der Waals surface area contributed by atoms with Crippen molar-refractivity contribution in [2.45, 2.75) is 45.1 Å². The lowest BCUT2D eigenvalue weighted by molar-refractivity contribution is 0.174. The van der Waals surface area contributed by atoms with Gasteiger partial charge in [-0.15, -0.1) is 0 Å². The molecule has 3 aromatic rings. The molecule has 170 valence electrons. The fourth-order valence-electron chi connectivity index (χ4n) is 4.56. The highest BCUT2D eigenvalue weighted by atomic mass is 32.2. The lowest BCUT2D eigenvalue weighted by Crippen LogP contribution is -2.34. The average molecular weight is 454 g/mol. The van der Waals surface area contributed by atoms with Crippen molar-refractivity contribution >= 4 is 26.5 Å². The Morgan fingerprint density at radius 3 is 2.62 bits per heavy atom. The van der Waals surface area contributed by atoms with Gasteiger partial charge in [0.2, 0.25) is 5.88 Å². The Morgan fingerprint density at radius 1 is 1.28 bits per heavy atom. The molecule has 0 spiro atoms. The van der Waals surface area contributed by atoms with E-state index in [4.69, 9.17) is 4.74 Å². The van der Waals surface area contributed by atoms with Gasteiger partial charge in [0.05, 0.1) is 12.0 Å². The molecule has 1 fully saturated rings. The Morgan fingerprint density at radius 2 is 2.00 bits per heavy atom. The van der Waals surface area contributed by atoms with Crippen LogP contribution in [0.5, 0.6) is 5.88 Å². The van der Waals surface area contributed by atoms with E-state index in [-0.39, 0.29) is 4.90 Å². The number of pyridine rings is 1. The molecule has 0 N–H and O–H groups in total. The van der Waals surface area contributed by atoms with Crippen molar-refractivity contribution in [1.82, 2.24) is 13.9 Å². The van der Waals surface area contributed by atoms with Gasteiger partial charge in [0, 0.05) is 35.9 Å². The highest BCUT2D eigenvalue weighted by Gasteiger charge is 2.29. The molecule has 0 saturated carbocycles. The van der Waals surface area contributed by atoms with Crippen molar-refractivity contribution in [2.24, 2.45) is 5.92 Å². The van der Waals surface area contributed by atoms with Gasteiger partial charge in [-0.3, -0.25) is 4.90 Å². The molecular weight excluding hydrogens is 422 g/mol. The highest BCUT2D eigenvalue weighted by molar-refractivity contribution is 7.90. The molecule has 4 rings (SSSR count). The second-order valence-electron chi connectivity index (χ2n) is 8.92. The summed E-state index contributed by atoms with van der Waals surface area (Å²) in [5.74, 6) is 0.886. The fraction of sp³-hybridized carbons (Fsp3) is 0.400. The third-order valence-corrected chi connectivity index (χ3v) is 7.94. The zero-order valence-electron chi connectivity index (χ0n) is 19.3. The van der Waals surface area contributed by atoms with Crippen LogP contribution in [0, 0.1) is 12.8 Å². The Hall–Kier alpha value is -2.64. The SMILES string of the molecule is C=C(C)c1cnc(OC)c2c1cc(CN1CCC[C@H](C)C1)n2S(=O)(=O)c1ccc(C)cc1. The molecule has 0 amide bonds. The number of likely N-dealkylation sites (tertiary alicyclic amines) is 1. The van der Waals surface area contributed by atoms with Crippen LogP contribution >= 0.6 is 0 Å². The van der Waals surface area contributed by atoms with Gasteiger partial charge >= 0.3 is 0 Å². The van der Waals surface area contributed by atoms with Crippen LogP contribution in [-0.4, -0.2) is 42.5 Å².